The predicted octanol–water partition coefficient (Wildman–Crippen LogP) is 1.69. The molecule has 3 N–H and O–H groups in total. The van der Waals surface area contributed by atoms with Gasteiger partial charge in [0.1, 0.15) is 4.90 Å². The van der Waals surface area contributed by atoms with E-state index >= 15 is 0 Å². The number of halogens is 3. The van der Waals surface area contributed by atoms with Gasteiger partial charge >= 0.3 is 6.18 Å². The lowest BCUT2D eigenvalue weighted by Gasteiger charge is -2.38. The van der Waals surface area contributed by atoms with Crippen LogP contribution >= 0.6 is 0 Å². The molecule has 2 unspecified atom stereocenters. The average Bonchev–Trinajstić information content (AvgIpc) is 3.02. The van der Waals surface area contributed by atoms with E-state index in [0.29, 0.717) is 18.6 Å². The lowest BCUT2D eigenvalue weighted by molar-refractivity contribution is -0.139. The van der Waals surface area contributed by atoms with Crippen LogP contribution in [0.4, 0.5) is 18.9 Å². The number of benzene rings is 1. The first-order valence-electron chi connectivity index (χ1n) is 7.53. The number of sulfonamides is 2. The molecule has 0 radical (unpaired) electrons. The summed E-state index contributed by atoms with van der Waals surface area (Å²) in [4.78, 5) is -1.84. The third-order valence-electron chi connectivity index (χ3n) is 4.50. The molecular formula is C14H16F3N3O4S2. The quantitative estimate of drug-likeness (QED) is 0.720. The van der Waals surface area contributed by atoms with Crippen LogP contribution in [0.5, 0.6) is 0 Å². The van der Waals surface area contributed by atoms with Crippen molar-refractivity contribution in [3.05, 3.63) is 29.8 Å². The summed E-state index contributed by atoms with van der Waals surface area (Å²) >= 11 is 0. The Morgan fingerprint density at radius 3 is 2.46 bits per heavy atom. The molecule has 3 rings (SSSR count). The Bertz CT molecular complexity index is 987. The van der Waals surface area contributed by atoms with E-state index in [0.717, 1.165) is 10.7 Å². The van der Waals surface area contributed by atoms with Gasteiger partial charge in [-0.15, -0.1) is 0 Å². The summed E-state index contributed by atoms with van der Waals surface area (Å²) in [7, 11) is -7.70. The van der Waals surface area contributed by atoms with E-state index in [1.807, 2.05) is 6.08 Å². The average molecular weight is 411 g/mol. The maximum absolute atomic E-state index is 13.3. The van der Waals surface area contributed by atoms with Crippen molar-refractivity contribution in [1.82, 2.24) is 4.31 Å². The van der Waals surface area contributed by atoms with Crippen LogP contribution in [0.25, 0.3) is 0 Å². The Morgan fingerprint density at radius 1 is 1.31 bits per heavy atom. The number of fused-ring (bicyclic) bond motifs is 1. The molecule has 2 atom stereocenters. The Hall–Kier alpha value is -1.63. The number of rotatable bonds is 2. The number of anilines is 1. The molecular weight excluding hydrogens is 395 g/mol. The van der Waals surface area contributed by atoms with Gasteiger partial charge in [0, 0.05) is 13.0 Å². The second-order valence-corrected chi connectivity index (χ2v) is 9.66. The molecule has 7 nitrogen and oxygen atoms in total. The smallest absolute Gasteiger partial charge is 0.367 e. The summed E-state index contributed by atoms with van der Waals surface area (Å²) in [6.07, 6.45) is -0.733. The molecule has 1 heterocycles. The van der Waals surface area contributed by atoms with Crippen molar-refractivity contribution in [3.8, 4) is 0 Å². The van der Waals surface area contributed by atoms with Gasteiger partial charge in [-0.3, -0.25) is 0 Å². The van der Waals surface area contributed by atoms with Gasteiger partial charge in [0.05, 0.1) is 22.3 Å². The lowest BCUT2D eigenvalue weighted by Crippen LogP contribution is -2.49. The van der Waals surface area contributed by atoms with Crippen LogP contribution in [0.1, 0.15) is 18.4 Å². The van der Waals surface area contributed by atoms with Crippen molar-refractivity contribution in [1.29, 1.82) is 0 Å². The standard InChI is InChI=1S/C14H16F3N3O4S2/c1-20-13(8-4-2-3-5-8)19-10-6-9(14(15,16)17)11(25(18,21)22)7-12(10)26(20,23)24/h2,4,6-8,13,19H,3,5H2,1H3,(H2,18,21,22). The zero-order chi connectivity index (χ0) is 19.5. The van der Waals surface area contributed by atoms with Crippen LogP contribution in [0.15, 0.2) is 34.1 Å². The van der Waals surface area contributed by atoms with Gasteiger partial charge in [-0.1, -0.05) is 12.2 Å². The van der Waals surface area contributed by atoms with Crippen LogP contribution in [-0.4, -0.2) is 34.4 Å². The Balaban J connectivity index is 2.24. The largest absolute Gasteiger partial charge is 0.417 e. The van der Waals surface area contributed by atoms with E-state index in [1.54, 1.807) is 6.08 Å². The molecule has 0 amide bonds. The van der Waals surface area contributed by atoms with Crippen molar-refractivity contribution < 1.29 is 30.0 Å². The summed E-state index contributed by atoms with van der Waals surface area (Å²) in [5.41, 5.74) is -1.81. The fraction of sp³-hybridized carbons (Fsp3) is 0.429. The van der Waals surface area contributed by atoms with E-state index in [-0.39, 0.29) is 11.6 Å². The zero-order valence-electron chi connectivity index (χ0n) is 13.5. The highest BCUT2D eigenvalue weighted by Crippen LogP contribution is 2.42. The fourth-order valence-electron chi connectivity index (χ4n) is 3.19. The van der Waals surface area contributed by atoms with Crippen LogP contribution in [0.2, 0.25) is 0 Å². The lowest BCUT2D eigenvalue weighted by atomic mass is 10.0. The summed E-state index contributed by atoms with van der Waals surface area (Å²) < 4.78 is 89.6. The van der Waals surface area contributed by atoms with Crippen LogP contribution in [0, 0.1) is 5.92 Å². The second kappa shape index (κ2) is 5.94. The molecule has 144 valence electrons. The Labute approximate surface area is 148 Å². The summed E-state index contributed by atoms with van der Waals surface area (Å²) in [6, 6.07) is 0.957. The van der Waals surface area contributed by atoms with E-state index in [9.17, 15) is 30.0 Å². The van der Waals surface area contributed by atoms with Crippen molar-refractivity contribution in [2.24, 2.45) is 11.1 Å². The number of hydrogen-bond donors (Lipinski definition) is 2. The number of nitrogens with one attached hydrogen (secondary N) is 1. The Kier molecular flexibility index (Phi) is 4.37. The first-order chi connectivity index (χ1) is 11.8. The number of allylic oxidation sites excluding steroid dienone is 1. The minimum Gasteiger partial charge on any atom is -0.367 e. The molecule has 1 aromatic carbocycles. The van der Waals surface area contributed by atoms with Gasteiger partial charge in [0.2, 0.25) is 20.0 Å². The Morgan fingerprint density at radius 2 is 1.96 bits per heavy atom. The molecule has 1 aromatic rings. The summed E-state index contributed by atoms with van der Waals surface area (Å²) in [5, 5.41) is 7.67. The van der Waals surface area contributed by atoms with Crippen molar-refractivity contribution in [2.45, 2.75) is 35.0 Å². The minimum atomic E-state index is -5.02. The highest BCUT2D eigenvalue weighted by molar-refractivity contribution is 7.90. The summed E-state index contributed by atoms with van der Waals surface area (Å²) in [6.45, 7) is 0. The molecule has 0 saturated heterocycles. The molecule has 12 heteroatoms. The van der Waals surface area contributed by atoms with Crippen molar-refractivity contribution in [2.75, 3.05) is 12.4 Å². The molecule has 0 fully saturated rings. The summed E-state index contributed by atoms with van der Waals surface area (Å²) in [5.74, 6) is -0.213. The normalized spacial score (nSPS) is 25.7. The van der Waals surface area contributed by atoms with Gasteiger partial charge in [-0.05, 0) is 25.0 Å². The maximum Gasteiger partial charge on any atom is 0.417 e. The van der Waals surface area contributed by atoms with Crippen molar-refractivity contribution >= 4 is 25.7 Å². The predicted molar refractivity (Wildman–Crippen MR) is 87.0 cm³/mol. The fourth-order valence-corrected chi connectivity index (χ4v) is 5.51. The first kappa shape index (κ1) is 19.1. The topological polar surface area (TPSA) is 110 Å². The van der Waals surface area contributed by atoms with Gasteiger partial charge < -0.3 is 5.32 Å². The third kappa shape index (κ3) is 3.10. The molecule has 0 saturated carbocycles. The van der Waals surface area contributed by atoms with E-state index in [4.69, 9.17) is 5.14 Å². The molecule has 0 aromatic heterocycles. The van der Waals surface area contributed by atoms with Crippen LogP contribution in [0.3, 0.4) is 0 Å². The van der Waals surface area contributed by atoms with Crippen LogP contribution < -0.4 is 10.5 Å². The van der Waals surface area contributed by atoms with Crippen molar-refractivity contribution in [3.63, 3.8) is 0 Å². The first-order valence-corrected chi connectivity index (χ1v) is 10.5. The molecule has 26 heavy (non-hydrogen) atoms. The molecule has 1 aliphatic carbocycles. The second-order valence-electron chi connectivity index (χ2n) is 6.17. The van der Waals surface area contributed by atoms with E-state index in [2.05, 4.69) is 5.32 Å². The monoisotopic (exact) mass is 411 g/mol. The molecule has 0 spiro atoms. The highest BCUT2D eigenvalue weighted by Gasteiger charge is 2.43. The number of nitrogens with zero attached hydrogens (tertiary/aromatic N) is 1. The number of nitrogens with two attached hydrogens (primary N) is 1. The number of primary sulfonamides is 1. The van der Waals surface area contributed by atoms with Crippen LogP contribution in [-0.2, 0) is 26.2 Å². The molecule has 2 aliphatic rings. The zero-order valence-corrected chi connectivity index (χ0v) is 15.1. The van der Waals surface area contributed by atoms with Gasteiger partial charge in [-0.25, -0.2) is 22.0 Å². The number of hydrogen-bond acceptors (Lipinski definition) is 5. The maximum atomic E-state index is 13.3. The third-order valence-corrected chi connectivity index (χ3v) is 7.33. The van der Waals surface area contributed by atoms with Gasteiger partial charge in [-0.2, -0.15) is 17.5 Å². The highest BCUT2D eigenvalue weighted by atomic mass is 32.2. The van der Waals surface area contributed by atoms with Gasteiger partial charge in [0.15, 0.2) is 0 Å². The SMILES string of the molecule is CN1C(C2C=CCC2)Nc2cc(C(F)(F)F)c(S(N)(=O)=O)cc2S1(=O)=O. The van der Waals surface area contributed by atoms with Gasteiger partial charge in [0.25, 0.3) is 0 Å². The number of alkyl halides is 3. The minimum absolute atomic E-state index is 0.213. The molecule has 1 aliphatic heterocycles. The van der Waals surface area contributed by atoms with E-state index in [1.165, 1.54) is 7.05 Å². The molecule has 0 bridgehead atoms. The van der Waals surface area contributed by atoms with E-state index < -0.39 is 47.7 Å².